The summed E-state index contributed by atoms with van der Waals surface area (Å²) in [5, 5.41) is 0.701. The summed E-state index contributed by atoms with van der Waals surface area (Å²) in [5.74, 6) is -0.562. The van der Waals surface area contributed by atoms with Crippen molar-refractivity contribution in [3.05, 3.63) is 29.6 Å². The van der Waals surface area contributed by atoms with E-state index in [1.165, 1.54) is 23.5 Å². The summed E-state index contributed by atoms with van der Waals surface area (Å²) in [6.07, 6.45) is 0. The molecule has 0 saturated carbocycles. The molecular weight excluding hydrogens is 337 g/mol. The van der Waals surface area contributed by atoms with E-state index in [0.29, 0.717) is 24.1 Å². The van der Waals surface area contributed by atoms with Crippen LogP contribution in [-0.2, 0) is 14.8 Å². The first-order valence-electron chi connectivity index (χ1n) is 5.76. The molecule has 0 amide bonds. The summed E-state index contributed by atoms with van der Waals surface area (Å²) in [6, 6.07) is 3.74. The highest BCUT2D eigenvalue weighted by molar-refractivity contribution is 9.09. The Morgan fingerprint density at radius 1 is 1.37 bits per heavy atom. The van der Waals surface area contributed by atoms with Crippen molar-refractivity contribution >= 4 is 26.0 Å². The molecule has 4 nitrogen and oxygen atoms in total. The highest BCUT2D eigenvalue weighted by Crippen LogP contribution is 2.19. The van der Waals surface area contributed by atoms with Gasteiger partial charge in [-0.05, 0) is 24.6 Å². The Hall–Kier alpha value is -0.500. The molecule has 1 rings (SSSR count). The maximum Gasteiger partial charge on any atom is 0.243 e. The maximum absolute atomic E-state index is 13.2. The van der Waals surface area contributed by atoms with Gasteiger partial charge in [-0.25, -0.2) is 12.8 Å². The van der Waals surface area contributed by atoms with Crippen LogP contribution < -0.4 is 0 Å². The molecule has 108 valence electrons. The van der Waals surface area contributed by atoms with Gasteiger partial charge in [0.15, 0.2) is 0 Å². The first-order chi connectivity index (χ1) is 8.89. The number of sulfonamides is 1. The lowest BCUT2D eigenvalue weighted by molar-refractivity contribution is 0.141. The molecule has 0 aliphatic rings. The molecule has 1 aromatic carbocycles. The zero-order valence-electron chi connectivity index (χ0n) is 10.9. The standard InChI is InChI=1S/C12H17BrFNO3S/c1-10-3-4-11(14)9-12(10)19(16,17)15(2)6-8-18-7-5-13/h3-4,9H,5-8H2,1-2H3. The number of rotatable bonds is 7. The molecule has 19 heavy (non-hydrogen) atoms. The van der Waals surface area contributed by atoms with Gasteiger partial charge >= 0.3 is 0 Å². The lowest BCUT2D eigenvalue weighted by Gasteiger charge is -2.18. The molecule has 0 aliphatic heterocycles. The van der Waals surface area contributed by atoms with E-state index in [0.717, 1.165) is 6.07 Å². The number of halogens is 2. The summed E-state index contributed by atoms with van der Waals surface area (Å²) in [4.78, 5) is -0.00417. The summed E-state index contributed by atoms with van der Waals surface area (Å²) in [7, 11) is -2.22. The van der Waals surface area contributed by atoms with Crippen molar-refractivity contribution in [3.8, 4) is 0 Å². The van der Waals surface area contributed by atoms with Crippen LogP contribution in [0.4, 0.5) is 4.39 Å². The van der Waals surface area contributed by atoms with Crippen molar-refractivity contribution in [3.63, 3.8) is 0 Å². The summed E-state index contributed by atoms with van der Waals surface area (Å²) in [5.41, 5.74) is 0.523. The molecule has 0 spiro atoms. The molecule has 7 heteroatoms. The number of hydrogen-bond donors (Lipinski definition) is 0. The third-order valence-corrected chi connectivity index (χ3v) is 4.93. The number of benzene rings is 1. The molecule has 0 heterocycles. The second-order valence-electron chi connectivity index (χ2n) is 4.04. The van der Waals surface area contributed by atoms with Crippen LogP contribution in [0.25, 0.3) is 0 Å². The van der Waals surface area contributed by atoms with Crippen LogP contribution in [0.5, 0.6) is 0 Å². The summed E-state index contributed by atoms with van der Waals surface area (Å²) < 4.78 is 44.1. The van der Waals surface area contributed by atoms with Crippen molar-refractivity contribution in [2.24, 2.45) is 0 Å². The molecule has 0 unspecified atom stereocenters. The number of likely N-dealkylation sites (N-methyl/N-ethyl adjacent to an activating group) is 1. The fraction of sp³-hybridized carbons (Fsp3) is 0.500. The van der Waals surface area contributed by atoms with Crippen molar-refractivity contribution < 1.29 is 17.5 Å². The van der Waals surface area contributed by atoms with Crippen molar-refractivity contribution in [1.82, 2.24) is 4.31 Å². The number of nitrogens with zero attached hydrogens (tertiary/aromatic N) is 1. The second-order valence-corrected chi connectivity index (χ2v) is 6.84. The van der Waals surface area contributed by atoms with Gasteiger partial charge in [-0.3, -0.25) is 0 Å². The molecule has 0 saturated heterocycles. The van der Waals surface area contributed by atoms with Crippen LogP contribution in [0.15, 0.2) is 23.1 Å². The number of hydrogen-bond acceptors (Lipinski definition) is 3. The highest BCUT2D eigenvalue weighted by Gasteiger charge is 2.22. The van der Waals surface area contributed by atoms with Crippen LogP contribution in [-0.4, -0.2) is 44.9 Å². The third kappa shape index (κ3) is 4.52. The topological polar surface area (TPSA) is 46.6 Å². The molecule has 0 bridgehead atoms. The van der Waals surface area contributed by atoms with Crippen LogP contribution in [0, 0.1) is 12.7 Å². The highest BCUT2D eigenvalue weighted by atomic mass is 79.9. The van der Waals surface area contributed by atoms with Crippen LogP contribution >= 0.6 is 15.9 Å². The first-order valence-corrected chi connectivity index (χ1v) is 8.32. The average molecular weight is 354 g/mol. The summed E-state index contributed by atoms with van der Waals surface area (Å²) in [6.45, 7) is 2.69. The summed E-state index contributed by atoms with van der Waals surface area (Å²) >= 11 is 3.21. The van der Waals surface area contributed by atoms with Gasteiger partial charge in [0.2, 0.25) is 10.0 Å². The molecule has 0 fully saturated rings. The quantitative estimate of drug-likeness (QED) is 0.557. The molecule has 0 aromatic heterocycles. The molecular formula is C12H17BrFNO3S. The zero-order valence-corrected chi connectivity index (χ0v) is 13.3. The van der Waals surface area contributed by atoms with E-state index in [-0.39, 0.29) is 11.4 Å². The van der Waals surface area contributed by atoms with Crippen molar-refractivity contribution in [1.29, 1.82) is 0 Å². The van der Waals surface area contributed by atoms with Gasteiger partial charge in [0.05, 0.1) is 18.1 Å². The second kappa shape index (κ2) is 7.33. The van der Waals surface area contributed by atoms with E-state index >= 15 is 0 Å². The van der Waals surface area contributed by atoms with E-state index in [1.54, 1.807) is 6.92 Å². The van der Waals surface area contributed by atoms with Crippen molar-refractivity contribution in [2.45, 2.75) is 11.8 Å². The third-order valence-electron chi connectivity index (χ3n) is 2.61. The Morgan fingerprint density at radius 3 is 2.68 bits per heavy atom. The first kappa shape index (κ1) is 16.6. The predicted molar refractivity (Wildman–Crippen MR) is 75.6 cm³/mol. The Bertz CT molecular complexity index is 522. The largest absolute Gasteiger partial charge is 0.379 e. The monoisotopic (exact) mass is 353 g/mol. The molecule has 1 aromatic rings. The van der Waals surface area contributed by atoms with Crippen LogP contribution in [0.2, 0.25) is 0 Å². The Kier molecular flexibility index (Phi) is 6.38. The smallest absolute Gasteiger partial charge is 0.243 e. The predicted octanol–water partition coefficient (Wildman–Crippen LogP) is 2.17. The van der Waals surface area contributed by atoms with Crippen LogP contribution in [0.1, 0.15) is 5.56 Å². The lowest BCUT2D eigenvalue weighted by atomic mass is 10.2. The van der Waals surface area contributed by atoms with Crippen molar-refractivity contribution in [2.75, 3.05) is 32.1 Å². The van der Waals surface area contributed by atoms with E-state index in [1.807, 2.05) is 0 Å². The lowest BCUT2D eigenvalue weighted by Crippen LogP contribution is -2.31. The van der Waals surface area contributed by atoms with E-state index in [4.69, 9.17) is 4.74 Å². The number of alkyl halides is 1. The van der Waals surface area contributed by atoms with Gasteiger partial charge in [0.1, 0.15) is 5.82 Å². The fourth-order valence-corrected chi connectivity index (χ4v) is 3.11. The van der Waals surface area contributed by atoms with Gasteiger partial charge in [-0.2, -0.15) is 4.31 Å². The van der Waals surface area contributed by atoms with E-state index in [9.17, 15) is 12.8 Å². The molecule has 0 aliphatic carbocycles. The van der Waals surface area contributed by atoms with E-state index < -0.39 is 15.8 Å². The number of ether oxygens (including phenoxy) is 1. The SMILES string of the molecule is Cc1ccc(F)cc1S(=O)(=O)N(C)CCOCCBr. The van der Waals surface area contributed by atoms with Crippen LogP contribution in [0.3, 0.4) is 0 Å². The Labute approximate surface area is 121 Å². The number of aryl methyl sites for hydroxylation is 1. The minimum absolute atomic E-state index is 0.00417. The molecule has 0 N–H and O–H groups in total. The normalized spacial score (nSPS) is 12.1. The van der Waals surface area contributed by atoms with Gasteiger partial charge in [-0.1, -0.05) is 22.0 Å². The molecule has 0 atom stereocenters. The Morgan fingerprint density at radius 2 is 2.05 bits per heavy atom. The fourth-order valence-electron chi connectivity index (χ4n) is 1.49. The van der Waals surface area contributed by atoms with Gasteiger partial charge < -0.3 is 4.74 Å². The average Bonchev–Trinajstić information content (AvgIpc) is 2.37. The van der Waals surface area contributed by atoms with Gasteiger partial charge in [-0.15, -0.1) is 0 Å². The van der Waals surface area contributed by atoms with E-state index in [2.05, 4.69) is 15.9 Å². The molecule has 0 radical (unpaired) electrons. The zero-order chi connectivity index (χ0) is 14.5. The minimum atomic E-state index is -3.68. The van der Waals surface area contributed by atoms with Gasteiger partial charge in [0.25, 0.3) is 0 Å². The maximum atomic E-state index is 13.2. The van der Waals surface area contributed by atoms with Gasteiger partial charge in [0, 0.05) is 18.9 Å². The Balaban J connectivity index is 2.82. The minimum Gasteiger partial charge on any atom is -0.379 e.